The number of nitrogens with zero attached hydrogens (tertiary/aromatic N) is 4. The van der Waals surface area contributed by atoms with Gasteiger partial charge in [-0.2, -0.15) is 13.2 Å². The van der Waals surface area contributed by atoms with Crippen LogP contribution in [0.5, 0.6) is 0 Å². The molecule has 1 aliphatic rings. The minimum atomic E-state index is -4.31. The average molecular weight is 287 g/mol. The van der Waals surface area contributed by atoms with Crippen molar-refractivity contribution in [2.45, 2.75) is 12.5 Å². The van der Waals surface area contributed by atoms with Crippen molar-refractivity contribution >= 4 is 23.7 Å². The molecule has 0 bridgehead atoms. The van der Waals surface area contributed by atoms with Gasteiger partial charge in [-0.05, 0) is 6.07 Å². The van der Waals surface area contributed by atoms with E-state index in [9.17, 15) is 13.2 Å². The lowest BCUT2D eigenvalue weighted by Crippen LogP contribution is -2.44. The number of aliphatic imine (C=N–C) groups is 2. The number of hydrogen-bond acceptors (Lipinski definition) is 7. The second-order valence-corrected chi connectivity index (χ2v) is 3.95. The Bertz CT molecular complexity index is 540. The lowest BCUT2D eigenvalue weighted by atomic mass is 10.3. The Morgan fingerprint density at radius 3 is 2.75 bits per heavy atom. The molecular formula is C10H12F3N7. The Morgan fingerprint density at radius 1 is 1.35 bits per heavy atom. The highest BCUT2D eigenvalue weighted by Crippen LogP contribution is 2.21. The maximum atomic E-state index is 12.1. The summed E-state index contributed by atoms with van der Waals surface area (Å²) >= 11 is 0. The van der Waals surface area contributed by atoms with Crippen LogP contribution in [0.25, 0.3) is 0 Å². The molecule has 0 radical (unpaired) electrons. The highest BCUT2D eigenvalue weighted by Gasteiger charge is 2.26. The van der Waals surface area contributed by atoms with Crippen molar-refractivity contribution in [3.8, 4) is 0 Å². The fraction of sp³-hybridized carbons (Fsp3) is 0.300. The molecule has 20 heavy (non-hydrogen) atoms. The lowest BCUT2D eigenvalue weighted by Gasteiger charge is -2.26. The van der Waals surface area contributed by atoms with E-state index in [1.807, 2.05) is 0 Å². The van der Waals surface area contributed by atoms with Crippen molar-refractivity contribution in [1.82, 2.24) is 4.98 Å². The number of rotatable bonds is 3. The molecule has 2 heterocycles. The fourth-order valence-electron chi connectivity index (χ4n) is 1.51. The van der Waals surface area contributed by atoms with Crippen LogP contribution in [0.15, 0.2) is 28.4 Å². The lowest BCUT2D eigenvalue weighted by molar-refractivity contribution is -0.115. The summed E-state index contributed by atoms with van der Waals surface area (Å²) in [5.74, 6) is 0.0352. The Hall–Kier alpha value is -2.36. The third-order valence-corrected chi connectivity index (χ3v) is 2.38. The summed E-state index contributed by atoms with van der Waals surface area (Å²) in [6.07, 6.45) is -1.05. The van der Waals surface area contributed by atoms with Crippen molar-refractivity contribution in [3.05, 3.63) is 18.5 Å². The summed E-state index contributed by atoms with van der Waals surface area (Å²) in [6.45, 7) is -1.15. The third kappa shape index (κ3) is 3.57. The topological polar surface area (TPSA) is 105 Å². The van der Waals surface area contributed by atoms with Crippen LogP contribution in [0.4, 0.5) is 24.5 Å². The first-order valence-corrected chi connectivity index (χ1v) is 5.52. The van der Waals surface area contributed by atoms with Gasteiger partial charge in [-0.3, -0.25) is 15.6 Å². The summed E-state index contributed by atoms with van der Waals surface area (Å²) in [5.41, 5.74) is 11.8. The molecule has 1 aromatic heterocycles. The summed E-state index contributed by atoms with van der Waals surface area (Å²) in [6, 6.07) is 1.46. The number of nitrogens with one attached hydrogen (secondary N) is 1. The molecule has 1 aromatic rings. The van der Waals surface area contributed by atoms with Crippen LogP contribution in [-0.2, 0) is 0 Å². The van der Waals surface area contributed by atoms with E-state index in [-0.39, 0.29) is 11.6 Å². The SMILES string of the molecule is NC1=NC(N)N(c2cncc(NCC(F)(F)F)c2)C=N1. The van der Waals surface area contributed by atoms with Gasteiger partial charge in [0.2, 0.25) is 5.96 Å². The maximum absolute atomic E-state index is 12.1. The van der Waals surface area contributed by atoms with Crippen LogP contribution in [0.1, 0.15) is 0 Å². The highest BCUT2D eigenvalue weighted by atomic mass is 19.4. The standard InChI is InChI=1S/C10H12F3N7/c11-10(12,13)4-17-6-1-7(3-16-2-6)20-5-18-8(14)19-9(20)15/h1-3,5,9,17H,4,15H2,(H2,14,19). The van der Waals surface area contributed by atoms with Gasteiger partial charge in [-0.1, -0.05) is 0 Å². The van der Waals surface area contributed by atoms with E-state index in [1.54, 1.807) is 0 Å². The number of pyridine rings is 1. The quantitative estimate of drug-likeness (QED) is 0.749. The number of nitrogens with two attached hydrogens (primary N) is 2. The largest absolute Gasteiger partial charge is 0.405 e. The molecule has 0 aliphatic carbocycles. The van der Waals surface area contributed by atoms with Crippen molar-refractivity contribution < 1.29 is 13.2 Å². The minimum Gasteiger partial charge on any atom is -0.375 e. The molecule has 1 unspecified atom stereocenters. The zero-order valence-corrected chi connectivity index (χ0v) is 10.2. The van der Waals surface area contributed by atoms with Gasteiger partial charge in [-0.25, -0.2) is 9.98 Å². The molecular weight excluding hydrogens is 275 g/mol. The molecule has 0 saturated heterocycles. The average Bonchev–Trinajstić information content (AvgIpc) is 2.36. The molecule has 0 spiro atoms. The van der Waals surface area contributed by atoms with Crippen molar-refractivity contribution in [2.75, 3.05) is 16.8 Å². The van der Waals surface area contributed by atoms with Gasteiger partial charge in [0.05, 0.1) is 23.8 Å². The van der Waals surface area contributed by atoms with E-state index in [0.717, 1.165) is 0 Å². The van der Waals surface area contributed by atoms with Crippen LogP contribution in [-0.4, -0.2) is 36.3 Å². The van der Waals surface area contributed by atoms with Crippen LogP contribution >= 0.6 is 0 Å². The molecule has 10 heteroatoms. The number of guanidine groups is 1. The van der Waals surface area contributed by atoms with Crippen LogP contribution in [0, 0.1) is 0 Å². The van der Waals surface area contributed by atoms with Gasteiger partial charge in [0.15, 0.2) is 6.29 Å². The van der Waals surface area contributed by atoms with Crippen molar-refractivity contribution in [2.24, 2.45) is 21.5 Å². The number of anilines is 2. The molecule has 0 amide bonds. The maximum Gasteiger partial charge on any atom is 0.405 e. The van der Waals surface area contributed by atoms with Crippen LogP contribution < -0.4 is 21.7 Å². The number of alkyl halides is 3. The zero-order valence-electron chi connectivity index (χ0n) is 10.2. The molecule has 0 fully saturated rings. The Morgan fingerprint density at radius 2 is 2.10 bits per heavy atom. The first kappa shape index (κ1) is 14.1. The molecule has 1 aliphatic heterocycles. The van der Waals surface area contributed by atoms with Crippen molar-refractivity contribution in [1.29, 1.82) is 0 Å². The van der Waals surface area contributed by atoms with Crippen LogP contribution in [0.3, 0.4) is 0 Å². The molecule has 7 nitrogen and oxygen atoms in total. The van der Waals surface area contributed by atoms with E-state index < -0.39 is 19.0 Å². The van der Waals surface area contributed by atoms with Gasteiger partial charge in [0.1, 0.15) is 12.9 Å². The van der Waals surface area contributed by atoms with Gasteiger partial charge in [0.25, 0.3) is 0 Å². The molecule has 0 aromatic carbocycles. The van der Waals surface area contributed by atoms with Gasteiger partial charge in [0, 0.05) is 0 Å². The molecule has 5 N–H and O–H groups in total. The first-order valence-electron chi connectivity index (χ1n) is 5.52. The molecule has 0 saturated carbocycles. The first-order chi connectivity index (χ1) is 9.35. The van der Waals surface area contributed by atoms with E-state index in [0.29, 0.717) is 5.69 Å². The second kappa shape index (κ2) is 5.33. The summed E-state index contributed by atoms with van der Waals surface area (Å²) in [5, 5.41) is 2.23. The van der Waals surface area contributed by atoms with E-state index in [1.165, 1.54) is 29.7 Å². The van der Waals surface area contributed by atoms with Gasteiger partial charge < -0.3 is 11.1 Å². The van der Waals surface area contributed by atoms with E-state index in [2.05, 4.69) is 20.3 Å². The number of halogens is 3. The fourth-order valence-corrected chi connectivity index (χ4v) is 1.51. The van der Waals surface area contributed by atoms with E-state index in [4.69, 9.17) is 11.5 Å². The Balaban J connectivity index is 2.12. The minimum absolute atomic E-state index is 0.0352. The number of aromatic nitrogens is 1. The Labute approximate surface area is 112 Å². The molecule has 2 rings (SSSR count). The van der Waals surface area contributed by atoms with Gasteiger partial charge >= 0.3 is 6.18 Å². The Kier molecular flexibility index (Phi) is 3.74. The smallest absolute Gasteiger partial charge is 0.375 e. The van der Waals surface area contributed by atoms with Crippen molar-refractivity contribution in [3.63, 3.8) is 0 Å². The highest BCUT2D eigenvalue weighted by molar-refractivity contribution is 5.94. The zero-order chi connectivity index (χ0) is 14.8. The second-order valence-electron chi connectivity index (χ2n) is 3.95. The molecule has 108 valence electrons. The monoisotopic (exact) mass is 287 g/mol. The number of hydrogen-bond donors (Lipinski definition) is 3. The van der Waals surface area contributed by atoms with Crippen LogP contribution in [0.2, 0.25) is 0 Å². The summed E-state index contributed by atoms with van der Waals surface area (Å²) in [7, 11) is 0. The normalized spacial score (nSPS) is 18.9. The van der Waals surface area contributed by atoms with Gasteiger partial charge in [-0.15, -0.1) is 0 Å². The summed E-state index contributed by atoms with van der Waals surface area (Å²) < 4.78 is 36.4. The van der Waals surface area contributed by atoms with E-state index >= 15 is 0 Å². The molecule has 1 atom stereocenters. The predicted octanol–water partition coefficient (Wildman–Crippen LogP) is 0.461. The predicted molar refractivity (Wildman–Crippen MR) is 69.4 cm³/mol. The summed E-state index contributed by atoms with van der Waals surface area (Å²) in [4.78, 5) is 12.9. The third-order valence-electron chi connectivity index (χ3n) is 2.38.